The lowest BCUT2D eigenvalue weighted by atomic mass is 9.70. The number of rotatable bonds is 5. The molecular formula is C25H22Br2F2O. The molecule has 156 valence electrons. The molecule has 3 aromatic rings. The van der Waals surface area contributed by atoms with Gasteiger partial charge in [-0.15, -0.1) is 0 Å². The molecule has 1 aliphatic carbocycles. The SMILES string of the molecule is Fc1cccc(Br)c1C1CCCC(OCc2ccccc2)C1c1c(F)cccc1Br. The maximum Gasteiger partial charge on any atom is 0.127 e. The van der Waals surface area contributed by atoms with Crippen LogP contribution in [-0.4, -0.2) is 6.10 Å². The highest BCUT2D eigenvalue weighted by molar-refractivity contribution is 9.10. The van der Waals surface area contributed by atoms with E-state index >= 15 is 4.39 Å². The largest absolute Gasteiger partial charge is 0.373 e. The predicted molar refractivity (Wildman–Crippen MR) is 123 cm³/mol. The summed E-state index contributed by atoms with van der Waals surface area (Å²) in [5.74, 6) is -1.05. The monoisotopic (exact) mass is 534 g/mol. The second kappa shape index (κ2) is 9.71. The van der Waals surface area contributed by atoms with Gasteiger partial charge in [-0.2, -0.15) is 0 Å². The Kier molecular flexibility index (Phi) is 7.01. The van der Waals surface area contributed by atoms with Crippen LogP contribution in [0.15, 0.2) is 75.7 Å². The third kappa shape index (κ3) is 4.53. The summed E-state index contributed by atoms with van der Waals surface area (Å²) in [5.41, 5.74) is 2.24. The summed E-state index contributed by atoms with van der Waals surface area (Å²) in [6.07, 6.45) is 2.26. The van der Waals surface area contributed by atoms with E-state index in [1.165, 1.54) is 12.1 Å². The number of ether oxygens (including phenoxy) is 1. The highest BCUT2D eigenvalue weighted by Crippen LogP contribution is 2.50. The molecule has 3 unspecified atom stereocenters. The molecule has 0 aliphatic heterocycles. The minimum absolute atomic E-state index is 0.191. The third-order valence-corrected chi connectivity index (χ3v) is 7.23. The van der Waals surface area contributed by atoms with Gasteiger partial charge in [0.25, 0.3) is 0 Å². The number of hydrogen-bond donors (Lipinski definition) is 0. The van der Waals surface area contributed by atoms with Crippen LogP contribution in [-0.2, 0) is 11.3 Å². The Labute approximate surface area is 192 Å². The molecule has 0 radical (unpaired) electrons. The minimum Gasteiger partial charge on any atom is -0.373 e. The molecule has 30 heavy (non-hydrogen) atoms. The van der Waals surface area contributed by atoms with E-state index in [2.05, 4.69) is 31.9 Å². The quantitative estimate of drug-likeness (QED) is 0.320. The van der Waals surface area contributed by atoms with Crippen LogP contribution in [0.1, 0.15) is 47.8 Å². The molecule has 0 aromatic heterocycles. The number of hydrogen-bond acceptors (Lipinski definition) is 1. The molecule has 1 aliphatic rings. The van der Waals surface area contributed by atoms with E-state index in [0.29, 0.717) is 26.7 Å². The lowest BCUT2D eigenvalue weighted by molar-refractivity contribution is -0.00586. The Morgan fingerprint density at radius 3 is 2.03 bits per heavy atom. The van der Waals surface area contributed by atoms with Gasteiger partial charge in [-0.1, -0.05) is 80.7 Å². The average Bonchev–Trinajstić information content (AvgIpc) is 2.74. The molecule has 3 aromatic carbocycles. The van der Waals surface area contributed by atoms with Gasteiger partial charge >= 0.3 is 0 Å². The summed E-state index contributed by atoms with van der Waals surface area (Å²) in [6, 6.07) is 19.9. The highest BCUT2D eigenvalue weighted by atomic mass is 79.9. The molecule has 1 nitrogen and oxygen atoms in total. The van der Waals surface area contributed by atoms with Crippen LogP contribution in [0.4, 0.5) is 8.78 Å². The first-order chi connectivity index (χ1) is 14.6. The van der Waals surface area contributed by atoms with E-state index in [-0.39, 0.29) is 29.6 Å². The molecule has 0 N–H and O–H groups in total. The van der Waals surface area contributed by atoms with Crippen LogP contribution in [0.2, 0.25) is 0 Å². The molecule has 0 amide bonds. The van der Waals surface area contributed by atoms with E-state index in [0.717, 1.165) is 24.8 Å². The van der Waals surface area contributed by atoms with Gasteiger partial charge in [0.1, 0.15) is 11.6 Å². The van der Waals surface area contributed by atoms with Crippen LogP contribution in [0.3, 0.4) is 0 Å². The molecule has 0 saturated heterocycles. The van der Waals surface area contributed by atoms with E-state index in [1.54, 1.807) is 12.1 Å². The van der Waals surface area contributed by atoms with Crippen LogP contribution < -0.4 is 0 Å². The van der Waals surface area contributed by atoms with Crippen molar-refractivity contribution < 1.29 is 13.5 Å². The molecule has 0 spiro atoms. The Morgan fingerprint density at radius 2 is 1.40 bits per heavy atom. The summed E-state index contributed by atoms with van der Waals surface area (Å²) < 4.78 is 37.8. The highest BCUT2D eigenvalue weighted by Gasteiger charge is 2.40. The third-order valence-electron chi connectivity index (χ3n) is 5.85. The van der Waals surface area contributed by atoms with E-state index in [4.69, 9.17) is 4.74 Å². The topological polar surface area (TPSA) is 9.23 Å². The predicted octanol–water partition coefficient (Wildman–Crippen LogP) is 8.13. The summed E-state index contributed by atoms with van der Waals surface area (Å²) in [5, 5.41) is 0. The Morgan fingerprint density at radius 1 is 0.767 bits per heavy atom. The van der Waals surface area contributed by atoms with Crippen molar-refractivity contribution in [3.05, 3.63) is 104 Å². The fourth-order valence-corrected chi connectivity index (χ4v) is 5.77. The van der Waals surface area contributed by atoms with E-state index < -0.39 is 0 Å². The Hall–Kier alpha value is -1.56. The van der Waals surface area contributed by atoms with Crippen molar-refractivity contribution >= 4 is 31.9 Å². The van der Waals surface area contributed by atoms with Gasteiger partial charge in [-0.05, 0) is 48.6 Å². The lowest BCUT2D eigenvalue weighted by Gasteiger charge is -2.39. The molecule has 1 saturated carbocycles. The summed E-state index contributed by atoms with van der Waals surface area (Å²) >= 11 is 7.07. The summed E-state index contributed by atoms with van der Waals surface area (Å²) in [7, 11) is 0. The van der Waals surface area contributed by atoms with Gasteiger partial charge in [0.2, 0.25) is 0 Å². The first kappa shape index (κ1) is 21.7. The second-order valence-electron chi connectivity index (χ2n) is 7.67. The minimum atomic E-state index is -0.300. The summed E-state index contributed by atoms with van der Waals surface area (Å²) in [4.78, 5) is 0. The first-order valence-electron chi connectivity index (χ1n) is 10.1. The normalized spacial score (nSPS) is 21.5. The van der Waals surface area contributed by atoms with Gasteiger partial charge < -0.3 is 4.74 Å². The van der Waals surface area contributed by atoms with Gasteiger partial charge in [0, 0.05) is 26.0 Å². The molecule has 0 bridgehead atoms. The van der Waals surface area contributed by atoms with Crippen molar-refractivity contribution in [3.63, 3.8) is 0 Å². The molecule has 0 heterocycles. The number of halogens is 4. The van der Waals surface area contributed by atoms with Crippen molar-refractivity contribution in [2.75, 3.05) is 0 Å². The van der Waals surface area contributed by atoms with E-state index in [9.17, 15) is 4.39 Å². The fraction of sp³-hybridized carbons (Fsp3) is 0.280. The zero-order valence-electron chi connectivity index (χ0n) is 16.3. The second-order valence-corrected chi connectivity index (χ2v) is 9.38. The maximum atomic E-state index is 15.1. The lowest BCUT2D eigenvalue weighted by Crippen LogP contribution is -2.33. The average molecular weight is 536 g/mol. The van der Waals surface area contributed by atoms with Crippen LogP contribution >= 0.6 is 31.9 Å². The molecule has 5 heteroatoms. The van der Waals surface area contributed by atoms with Gasteiger partial charge in [0.15, 0.2) is 0 Å². The zero-order chi connectivity index (χ0) is 21.1. The molecular weight excluding hydrogens is 514 g/mol. The Bertz CT molecular complexity index is 969. The van der Waals surface area contributed by atoms with Crippen molar-refractivity contribution in [1.82, 2.24) is 0 Å². The standard InChI is InChI=1S/C25H22Br2F2O/c26-18-10-5-12-20(28)23(18)17-9-4-14-22(30-15-16-7-2-1-3-8-16)24(17)25-19(27)11-6-13-21(25)29/h1-3,5-8,10-13,17,22,24H,4,9,14-15H2. The van der Waals surface area contributed by atoms with Crippen LogP contribution in [0.25, 0.3) is 0 Å². The molecule has 1 fully saturated rings. The first-order valence-corrected chi connectivity index (χ1v) is 11.7. The smallest absolute Gasteiger partial charge is 0.127 e. The molecule has 4 rings (SSSR count). The fourth-order valence-electron chi connectivity index (χ4n) is 4.53. The molecule has 3 atom stereocenters. The maximum absolute atomic E-state index is 15.1. The Balaban J connectivity index is 1.75. The zero-order valence-corrected chi connectivity index (χ0v) is 19.5. The van der Waals surface area contributed by atoms with E-state index in [1.807, 2.05) is 42.5 Å². The van der Waals surface area contributed by atoms with Crippen molar-refractivity contribution in [3.8, 4) is 0 Å². The van der Waals surface area contributed by atoms with Crippen molar-refractivity contribution in [2.24, 2.45) is 0 Å². The van der Waals surface area contributed by atoms with Gasteiger partial charge in [-0.25, -0.2) is 8.78 Å². The number of benzene rings is 3. The van der Waals surface area contributed by atoms with Gasteiger partial charge in [0.05, 0.1) is 12.7 Å². The van der Waals surface area contributed by atoms with Crippen molar-refractivity contribution in [1.29, 1.82) is 0 Å². The van der Waals surface area contributed by atoms with Crippen LogP contribution in [0.5, 0.6) is 0 Å². The van der Waals surface area contributed by atoms with Crippen LogP contribution in [0, 0.1) is 11.6 Å². The summed E-state index contributed by atoms with van der Waals surface area (Å²) in [6.45, 7) is 0.444. The van der Waals surface area contributed by atoms with Crippen molar-refractivity contribution in [2.45, 2.75) is 43.8 Å². The van der Waals surface area contributed by atoms with Gasteiger partial charge in [-0.3, -0.25) is 0 Å².